The summed E-state index contributed by atoms with van der Waals surface area (Å²) in [5.74, 6) is -1.13. The molecule has 114 valence electrons. The minimum atomic E-state index is -1.08. The largest absolute Gasteiger partial charge is 0.467 e. The van der Waals surface area contributed by atoms with E-state index >= 15 is 0 Å². The second-order valence-electron chi connectivity index (χ2n) is 4.64. The fourth-order valence-corrected chi connectivity index (χ4v) is 2.11. The molecule has 0 unspecified atom stereocenters. The van der Waals surface area contributed by atoms with Crippen molar-refractivity contribution >= 4 is 11.9 Å². The molecule has 0 aliphatic heterocycles. The number of carbonyl (C=O) groups excluding carboxylic acids is 2. The van der Waals surface area contributed by atoms with Gasteiger partial charge >= 0.3 is 5.97 Å². The van der Waals surface area contributed by atoms with Crippen LogP contribution in [0.2, 0.25) is 0 Å². The van der Waals surface area contributed by atoms with E-state index in [1.165, 1.54) is 7.11 Å². The highest BCUT2D eigenvalue weighted by Gasteiger charge is 2.22. The van der Waals surface area contributed by atoms with Gasteiger partial charge in [0.2, 0.25) is 0 Å². The smallest absolute Gasteiger partial charge is 0.330 e. The summed E-state index contributed by atoms with van der Waals surface area (Å²) in [6.45, 7) is -0.522. The first-order valence-electron chi connectivity index (χ1n) is 6.81. The molecule has 5 heteroatoms. The van der Waals surface area contributed by atoms with Gasteiger partial charge in [-0.05, 0) is 17.2 Å². The molecule has 2 N–H and O–H groups in total. The van der Waals surface area contributed by atoms with Crippen LogP contribution in [0.15, 0.2) is 54.6 Å². The van der Waals surface area contributed by atoms with Gasteiger partial charge in [-0.25, -0.2) is 4.79 Å². The number of ether oxygens (including phenoxy) is 1. The number of rotatable bonds is 5. The fraction of sp³-hybridized carbons (Fsp3) is 0.176. The molecule has 0 bridgehead atoms. The molecule has 0 heterocycles. The molecular formula is C17H17NO4. The molecule has 0 saturated heterocycles. The lowest BCUT2D eigenvalue weighted by molar-refractivity contribution is -0.143. The van der Waals surface area contributed by atoms with Crippen LogP contribution in [0, 0.1) is 0 Å². The van der Waals surface area contributed by atoms with Crippen molar-refractivity contribution in [2.45, 2.75) is 6.04 Å². The normalized spacial score (nSPS) is 11.5. The number of hydrogen-bond donors (Lipinski definition) is 2. The highest BCUT2D eigenvalue weighted by molar-refractivity contribution is 6.02. The van der Waals surface area contributed by atoms with Gasteiger partial charge in [-0.1, -0.05) is 48.5 Å². The van der Waals surface area contributed by atoms with Gasteiger partial charge in [-0.2, -0.15) is 0 Å². The third-order valence-corrected chi connectivity index (χ3v) is 3.23. The quantitative estimate of drug-likeness (QED) is 0.823. The number of benzene rings is 2. The van der Waals surface area contributed by atoms with Crippen LogP contribution >= 0.6 is 0 Å². The van der Waals surface area contributed by atoms with Gasteiger partial charge in [0, 0.05) is 5.56 Å². The summed E-state index contributed by atoms with van der Waals surface area (Å²) in [5.41, 5.74) is 2.07. The van der Waals surface area contributed by atoms with E-state index in [1.54, 1.807) is 12.1 Å². The van der Waals surface area contributed by atoms with Gasteiger partial charge in [0.05, 0.1) is 13.7 Å². The Labute approximate surface area is 128 Å². The lowest BCUT2D eigenvalue weighted by atomic mass is 9.99. The van der Waals surface area contributed by atoms with Crippen LogP contribution in [-0.4, -0.2) is 36.7 Å². The van der Waals surface area contributed by atoms with E-state index in [9.17, 15) is 14.7 Å². The average molecular weight is 299 g/mol. The Morgan fingerprint density at radius 3 is 2.36 bits per heavy atom. The molecule has 2 rings (SSSR count). The summed E-state index contributed by atoms with van der Waals surface area (Å²) >= 11 is 0. The molecule has 0 aromatic heterocycles. The summed E-state index contributed by atoms with van der Waals surface area (Å²) < 4.78 is 4.54. The predicted molar refractivity (Wildman–Crippen MR) is 82.2 cm³/mol. The molecule has 22 heavy (non-hydrogen) atoms. The maximum atomic E-state index is 12.4. The Bertz CT molecular complexity index is 655. The Morgan fingerprint density at radius 2 is 1.73 bits per heavy atom. The second kappa shape index (κ2) is 7.38. The van der Waals surface area contributed by atoms with Crippen LogP contribution in [0.3, 0.4) is 0 Å². The van der Waals surface area contributed by atoms with E-state index < -0.39 is 24.5 Å². The lowest BCUT2D eigenvalue weighted by Gasteiger charge is -2.15. The Morgan fingerprint density at radius 1 is 1.09 bits per heavy atom. The zero-order valence-corrected chi connectivity index (χ0v) is 12.2. The number of hydrogen-bond acceptors (Lipinski definition) is 4. The van der Waals surface area contributed by atoms with E-state index in [-0.39, 0.29) is 0 Å². The first kappa shape index (κ1) is 15.7. The number of aliphatic hydroxyl groups excluding tert-OH is 1. The predicted octanol–water partition coefficient (Wildman–Crippen LogP) is 1.62. The van der Waals surface area contributed by atoms with Crippen molar-refractivity contribution in [3.8, 4) is 11.1 Å². The minimum Gasteiger partial charge on any atom is -0.467 e. The van der Waals surface area contributed by atoms with Crippen LogP contribution < -0.4 is 5.32 Å². The summed E-state index contributed by atoms with van der Waals surface area (Å²) in [6, 6.07) is 15.5. The molecule has 2 aromatic carbocycles. The highest BCUT2D eigenvalue weighted by Crippen LogP contribution is 2.23. The zero-order chi connectivity index (χ0) is 15.9. The monoisotopic (exact) mass is 299 g/mol. The maximum absolute atomic E-state index is 12.4. The number of carbonyl (C=O) groups is 2. The van der Waals surface area contributed by atoms with E-state index in [2.05, 4.69) is 10.1 Å². The summed E-state index contributed by atoms with van der Waals surface area (Å²) in [5, 5.41) is 11.7. The molecule has 1 atom stereocenters. The third kappa shape index (κ3) is 3.51. The van der Waals surface area contributed by atoms with Crippen molar-refractivity contribution < 1.29 is 19.4 Å². The van der Waals surface area contributed by atoms with Crippen LogP contribution in [0.1, 0.15) is 10.4 Å². The molecule has 2 aromatic rings. The molecule has 1 amide bonds. The number of nitrogens with one attached hydrogen (secondary N) is 1. The van der Waals surface area contributed by atoms with Crippen molar-refractivity contribution in [2.75, 3.05) is 13.7 Å². The standard InChI is InChI=1S/C17H17NO4/c1-22-17(21)15(11-19)18-16(20)14-10-6-5-9-13(14)12-7-3-2-4-8-12/h2-10,15,19H,11H2,1H3,(H,18,20)/t15-/m0/s1. The van der Waals surface area contributed by atoms with E-state index in [0.29, 0.717) is 5.56 Å². The number of methoxy groups -OCH3 is 1. The van der Waals surface area contributed by atoms with Gasteiger partial charge in [-0.15, -0.1) is 0 Å². The highest BCUT2D eigenvalue weighted by atomic mass is 16.5. The molecular weight excluding hydrogens is 282 g/mol. The maximum Gasteiger partial charge on any atom is 0.330 e. The second-order valence-corrected chi connectivity index (χ2v) is 4.64. The number of esters is 1. The molecule has 0 spiro atoms. The van der Waals surface area contributed by atoms with Gasteiger partial charge in [0.15, 0.2) is 6.04 Å². The lowest BCUT2D eigenvalue weighted by Crippen LogP contribution is -2.44. The molecule has 0 radical (unpaired) electrons. The van der Waals surface area contributed by atoms with Crippen molar-refractivity contribution in [1.29, 1.82) is 0 Å². The summed E-state index contributed by atoms with van der Waals surface area (Å²) in [7, 11) is 1.20. The van der Waals surface area contributed by atoms with E-state index in [4.69, 9.17) is 0 Å². The molecule has 0 fully saturated rings. The third-order valence-electron chi connectivity index (χ3n) is 3.23. The molecule has 0 saturated carbocycles. The fourth-order valence-electron chi connectivity index (χ4n) is 2.11. The Balaban J connectivity index is 2.29. The number of aliphatic hydroxyl groups is 1. The topological polar surface area (TPSA) is 75.6 Å². The zero-order valence-electron chi connectivity index (χ0n) is 12.2. The van der Waals surface area contributed by atoms with Gasteiger partial charge in [-0.3, -0.25) is 4.79 Å². The van der Waals surface area contributed by atoms with Crippen molar-refractivity contribution in [3.05, 3.63) is 60.2 Å². The SMILES string of the molecule is COC(=O)[C@H](CO)NC(=O)c1ccccc1-c1ccccc1. The first-order chi connectivity index (χ1) is 10.7. The Kier molecular flexibility index (Phi) is 5.27. The minimum absolute atomic E-state index is 0.427. The van der Waals surface area contributed by atoms with Crippen LogP contribution in [0.25, 0.3) is 11.1 Å². The van der Waals surface area contributed by atoms with Gasteiger partial charge in [0.1, 0.15) is 0 Å². The van der Waals surface area contributed by atoms with Crippen molar-refractivity contribution in [1.82, 2.24) is 5.32 Å². The first-order valence-corrected chi connectivity index (χ1v) is 6.81. The molecule has 5 nitrogen and oxygen atoms in total. The average Bonchev–Trinajstić information content (AvgIpc) is 2.59. The summed E-state index contributed by atoms with van der Waals surface area (Å²) in [6.07, 6.45) is 0. The van der Waals surface area contributed by atoms with E-state index in [1.807, 2.05) is 42.5 Å². The van der Waals surface area contributed by atoms with Crippen LogP contribution in [-0.2, 0) is 9.53 Å². The van der Waals surface area contributed by atoms with Crippen LogP contribution in [0.5, 0.6) is 0 Å². The van der Waals surface area contributed by atoms with Crippen molar-refractivity contribution in [2.24, 2.45) is 0 Å². The number of amides is 1. The van der Waals surface area contributed by atoms with Gasteiger partial charge in [0.25, 0.3) is 5.91 Å². The molecule has 0 aliphatic carbocycles. The molecule has 0 aliphatic rings. The van der Waals surface area contributed by atoms with Gasteiger partial charge < -0.3 is 15.2 Å². The Hall–Kier alpha value is -2.66. The van der Waals surface area contributed by atoms with Crippen molar-refractivity contribution in [3.63, 3.8) is 0 Å². The van der Waals surface area contributed by atoms with Crippen LogP contribution in [0.4, 0.5) is 0 Å². The van der Waals surface area contributed by atoms with E-state index in [0.717, 1.165) is 11.1 Å². The summed E-state index contributed by atoms with van der Waals surface area (Å²) in [4.78, 5) is 23.9.